The van der Waals surface area contributed by atoms with Gasteiger partial charge in [0.2, 0.25) is 10.0 Å². The van der Waals surface area contributed by atoms with Gasteiger partial charge in [-0.3, -0.25) is 4.79 Å². The lowest BCUT2D eigenvalue weighted by atomic mass is 10.2. The second kappa shape index (κ2) is 9.40. The summed E-state index contributed by atoms with van der Waals surface area (Å²) in [5, 5.41) is 7.27. The number of nitrogens with zero attached hydrogens (tertiary/aromatic N) is 4. The van der Waals surface area contributed by atoms with Gasteiger partial charge in [-0.25, -0.2) is 18.1 Å². The zero-order chi connectivity index (χ0) is 23.6. The smallest absolute Gasteiger partial charge is 0.275 e. The molecular weight excluding hydrogens is 450 g/mol. The summed E-state index contributed by atoms with van der Waals surface area (Å²) in [6.45, 7) is 9.75. The summed E-state index contributed by atoms with van der Waals surface area (Å²) < 4.78 is 29.0. The molecule has 2 heterocycles. The highest BCUT2D eigenvalue weighted by Gasteiger charge is 2.24. The Labute approximate surface area is 193 Å². The fourth-order valence-electron chi connectivity index (χ4n) is 3.42. The number of halogens is 1. The lowest BCUT2D eigenvalue weighted by molar-refractivity contribution is 0.102. The number of hydrogen-bond donors (Lipinski definition) is 1. The van der Waals surface area contributed by atoms with Gasteiger partial charge in [0.1, 0.15) is 5.69 Å². The molecule has 0 aliphatic carbocycles. The molecule has 32 heavy (non-hydrogen) atoms. The Morgan fingerprint density at radius 3 is 2.38 bits per heavy atom. The molecule has 0 atom stereocenters. The van der Waals surface area contributed by atoms with Crippen LogP contribution in [0.15, 0.2) is 41.3 Å². The van der Waals surface area contributed by atoms with E-state index in [0.29, 0.717) is 30.2 Å². The average Bonchev–Trinajstić information content (AvgIpc) is 3.08. The van der Waals surface area contributed by atoms with E-state index in [0.717, 1.165) is 11.4 Å². The number of aryl methyl sites for hydroxylation is 3. The molecule has 0 bridgehead atoms. The average molecular weight is 476 g/mol. The number of amides is 1. The number of pyridine rings is 1. The summed E-state index contributed by atoms with van der Waals surface area (Å²) in [6, 6.07) is 9.93. The molecule has 170 valence electrons. The van der Waals surface area contributed by atoms with Crippen LogP contribution in [0.1, 0.15) is 41.3 Å². The maximum absolute atomic E-state index is 13.0. The first-order valence-electron chi connectivity index (χ1n) is 10.2. The highest BCUT2D eigenvalue weighted by molar-refractivity contribution is 7.89. The van der Waals surface area contributed by atoms with Crippen molar-refractivity contribution < 1.29 is 13.2 Å². The molecule has 0 spiro atoms. The van der Waals surface area contributed by atoms with Gasteiger partial charge >= 0.3 is 0 Å². The number of carbonyl (C=O) groups excluding carboxylic acids is 1. The summed E-state index contributed by atoms with van der Waals surface area (Å²) in [5.41, 5.74) is 2.64. The lowest BCUT2D eigenvalue weighted by Gasteiger charge is -2.20. The second-order valence-electron chi connectivity index (χ2n) is 7.36. The molecule has 0 aliphatic heterocycles. The van der Waals surface area contributed by atoms with Crippen LogP contribution in [0, 0.1) is 20.8 Å². The SMILES string of the molecule is CCN(CC)S(=O)(=O)c1cc(NC(=O)c2nc(-n3nc(C)cc3C)ccc2Cl)ccc1C. The molecule has 0 unspecified atom stereocenters. The zero-order valence-corrected chi connectivity index (χ0v) is 20.3. The van der Waals surface area contributed by atoms with E-state index in [4.69, 9.17) is 11.6 Å². The summed E-state index contributed by atoms with van der Waals surface area (Å²) in [4.78, 5) is 17.5. The highest BCUT2D eigenvalue weighted by atomic mass is 35.5. The molecule has 0 aliphatic rings. The van der Waals surface area contributed by atoms with Gasteiger partial charge in [-0.1, -0.05) is 31.5 Å². The van der Waals surface area contributed by atoms with Crippen molar-refractivity contribution in [2.24, 2.45) is 0 Å². The van der Waals surface area contributed by atoms with Gasteiger partial charge in [0.15, 0.2) is 5.82 Å². The van der Waals surface area contributed by atoms with Crippen LogP contribution in [0.4, 0.5) is 5.69 Å². The van der Waals surface area contributed by atoms with E-state index < -0.39 is 15.9 Å². The molecule has 1 amide bonds. The van der Waals surface area contributed by atoms with Gasteiger partial charge in [-0.2, -0.15) is 9.40 Å². The van der Waals surface area contributed by atoms with E-state index in [9.17, 15) is 13.2 Å². The van der Waals surface area contributed by atoms with Crippen LogP contribution in [-0.2, 0) is 10.0 Å². The van der Waals surface area contributed by atoms with Crippen LogP contribution < -0.4 is 5.32 Å². The van der Waals surface area contributed by atoms with Gasteiger partial charge in [-0.05, 0) is 56.7 Å². The third-order valence-electron chi connectivity index (χ3n) is 5.04. The predicted molar refractivity (Wildman–Crippen MR) is 125 cm³/mol. The van der Waals surface area contributed by atoms with E-state index in [1.54, 1.807) is 49.7 Å². The van der Waals surface area contributed by atoms with E-state index in [-0.39, 0.29) is 15.6 Å². The number of benzene rings is 1. The molecule has 0 saturated heterocycles. The third kappa shape index (κ3) is 4.69. The van der Waals surface area contributed by atoms with Gasteiger partial charge < -0.3 is 5.32 Å². The minimum absolute atomic E-state index is 0.0189. The van der Waals surface area contributed by atoms with E-state index in [2.05, 4.69) is 15.4 Å². The van der Waals surface area contributed by atoms with Crippen LogP contribution in [-0.4, -0.2) is 46.5 Å². The summed E-state index contributed by atoms with van der Waals surface area (Å²) >= 11 is 6.24. The number of rotatable bonds is 7. The molecule has 8 nitrogen and oxygen atoms in total. The predicted octanol–water partition coefficient (Wildman–Crippen LogP) is 4.13. The Morgan fingerprint density at radius 1 is 1.09 bits per heavy atom. The first kappa shape index (κ1) is 23.9. The van der Waals surface area contributed by atoms with Gasteiger partial charge in [-0.15, -0.1) is 0 Å². The van der Waals surface area contributed by atoms with Gasteiger partial charge in [0.05, 0.1) is 15.6 Å². The molecule has 1 N–H and O–H groups in total. The Kier molecular flexibility index (Phi) is 7.02. The number of aromatic nitrogens is 3. The Balaban J connectivity index is 1.95. The van der Waals surface area contributed by atoms with Gasteiger partial charge in [0, 0.05) is 24.5 Å². The summed E-state index contributed by atoms with van der Waals surface area (Å²) in [5.74, 6) is -0.0905. The van der Waals surface area contributed by atoms with Crippen LogP contribution >= 0.6 is 11.6 Å². The molecule has 0 radical (unpaired) electrons. The normalized spacial score (nSPS) is 11.7. The summed E-state index contributed by atoms with van der Waals surface area (Å²) in [6.07, 6.45) is 0. The molecule has 3 aromatic rings. The molecule has 0 saturated carbocycles. The van der Waals surface area contributed by atoms with Crippen LogP contribution in [0.5, 0.6) is 0 Å². The molecule has 10 heteroatoms. The Bertz CT molecular complexity index is 1270. The number of sulfonamides is 1. The highest BCUT2D eigenvalue weighted by Crippen LogP contribution is 2.25. The van der Waals surface area contributed by atoms with Crippen molar-refractivity contribution in [3.63, 3.8) is 0 Å². The molecule has 3 rings (SSSR count). The van der Waals surface area contributed by atoms with E-state index in [1.807, 2.05) is 19.9 Å². The quantitative estimate of drug-likeness (QED) is 0.554. The van der Waals surface area contributed by atoms with E-state index >= 15 is 0 Å². The second-order valence-corrected chi connectivity index (χ2v) is 9.68. The maximum atomic E-state index is 13.0. The monoisotopic (exact) mass is 475 g/mol. The van der Waals surface area contributed by atoms with Crippen LogP contribution in [0.2, 0.25) is 5.02 Å². The molecule has 1 aromatic carbocycles. The molecular formula is C22H26ClN5O3S. The van der Waals surface area contributed by atoms with Crippen LogP contribution in [0.3, 0.4) is 0 Å². The number of nitrogens with one attached hydrogen (secondary N) is 1. The Hall–Kier alpha value is -2.75. The van der Waals surface area contributed by atoms with Gasteiger partial charge in [0.25, 0.3) is 5.91 Å². The minimum atomic E-state index is -3.68. The van der Waals surface area contributed by atoms with Crippen molar-refractivity contribution in [3.05, 3.63) is 64.1 Å². The number of carbonyl (C=O) groups is 1. The lowest BCUT2D eigenvalue weighted by Crippen LogP contribution is -2.31. The third-order valence-corrected chi connectivity index (χ3v) is 7.54. The fourth-order valence-corrected chi connectivity index (χ4v) is 5.32. The van der Waals surface area contributed by atoms with Crippen molar-refractivity contribution >= 4 is 33.2 Å². The first-order chi connectivity index (χ1) is 15.1. The van der Waals surface area contributed by atoms with Crippen molar-refractivity contribution in [3.8, 4) is 5.82 Å². The molecule has 2 aromatic heterocycles. The first-order valence-corrected chi connectivity index (χ1v) is 12.0. The standard InChI is InChI=1S/C22H26ClN5O3S/c1-6-27(7-2)32(30,31)19-13-17(9-8-14(19)3)24-22(29)21-18(23)10-11-20(25-21)28-16(5)12-15(4)26-28/h8-13H,6-7H2,1-5H3,(H,24,29). The number of hydrogen-bond acceptors (Lipinski definition) is 5. The van der Waals surface area contributed by atoms with Crippen LogP contribution in [0.25, 0.3) is 5.82 Å². The fraction of sp³-hybridized carbons (Fsp3) is 0.318. The topological polar surface area (TPSA) is 97.2 Å². The Morgan fingerprint density at radius 2 is 1.78 bits per heavy atom. The van der Waals surface area contributed by atoms with E-state index in [1.165, 1.54) is 10.4 Å². The van der Waals surface area contributed by atoms with Crippen molar-refractivity contribution in [2.45, 2.75) is 39.5 Å². The molecule has 0 fully saturated rings. The summed E-state index contributed by atoms with van der Waals surface area (Å²) in [7, 11) is -3.68. The van der Waals surface area contributed by atoms with Crippen molar-refractivity contribution in [1.29, 1.82) is 0 Å². The number of anilines is 1. The largest absolute Gasteiger partial charge is 0.321 e. The zero-order valence-electron chi connectivity index (χ0n) is 18.7. The maximum Gasteiger partial charge on any atom is 0.275 e. The minimum Gasteiger partial charge on any atom is -0.321 e. The van der Waals surface area contributed by atoms with Crippen molar-refractivity contribution in [1.82, 2.24) is 19.1 Å². The van der Waals surface area contributed by atoms with Crippen molar-refractivity contribution in [2.75, 3.05) is 18.4 Å².